The molecule has 1 amide bonds. The molecule has 0 saturated carbocycles. The van der Waals surface area contributed by atoms with Gasteiger partial charge in [0, 0.05) is 43.3 Å². The van der Waals surface area contributed by atoms with Crippen LogP contribution in [-0.2, 0) is 11.3 Å². The number of nitrogens with zero attached hydrogens (tertiary/aromatic N) is 1. The molecule has 1 heterocycles. The van der Waals surface area contributed by atoms with Gasteiger partial charge in [-0.15, -0.1) is 0 Å². The Kier molecular flexibility index (Phi) is 7.33. The molecule has 5 nitrogen and oxygen atoms in total. The first-order valence-corrected chi connectivity index (χ1v) is 9.00. The van der Waals surface area contributed by atoms with Crippen LogP contribution >= 0.6 is 0 Å². The Morgan fingerprint density at radius 3 is 2.38 bits per heavy atom. The molecule has 0 bridgehead atoms. The van der Waals surface area contributed by atoms with Gasteiger partial charge in [-0.2, -0.15) is 0 Å². The zero-order chi connectivity index (χ0) is 18.9. The summed E-state index contributed by atoms with van der Waals surface area (Å²) >= 11 is 0. The number of carbonyl (C=O) groups is 2. The van der Waals surface area contributed by atoms with Gasteiger partial charge in [0.2, 0.25) is 5.91 Å². The highest BCUT2D eigenvalue weighted by Gasteiger charge is 2.09. The molecular formula is C21H26N2O3. The molecule has 0 spiro atoms. The molecular weight excluding hydrogens is 328 g/mol. The van der Waals surface area contributed by atoms with Gasteiger partial charge in [0.15, 0.2) is 5.78 Å². The molecule has 0 aliphatic rings. The average molecular weight is 354 g/mol. The molecule has 1 aromatic heterocycles. The minimum Gasteiger partial charge on any atom is -0.356 e. The number of aryl methyl sites for hydroxylation is 2. The van der Waals surface area contributed by atoms with E-state index in [4.69, 9.17) is 0 Å². The number of carbonyl (C=O) groups excluding carboxylic acids is 2. The van der Waals surface area contributed by atoms with Crippen molar-refractivity contribution in [3.05, 3.63) is 69.6 Å². The Labute approximate surface area is 154 Å². The van der Waals surface area contributed by atoms with E-state index < -0.39 is 0 Å². The molecule has 2 rings (SSSR count). The molecule has 1 N–H and O–H groups in total. The van der Waals surface area contributed by atoms with Gasteiger partial charge in [-0.25, -0.2) is 0 Å². The Bertz CT molecular complexity index is 807. The number of unbranched alkanes of at least 4 members (excludes halogenated alkanes) is 1. The van der Waals surface area contributed by atoms with Crippen LogP contribution in [0.4, 0.5) is 0 Å². The van der Waals surface area contributed by atoms with Gasteiger partial charge in [-0.05, 0) is 32.8 Å². The number of aromatic nitrogens is 1. The predicted octanol–water partition coefficient (Wildman–Crippen LogP) is 3.02. The van der Waals surface area contributed by atoms with Gasteiger partial charge in [-0.1, -0.05) is 35.9 Å². The lowest BCUT2D eigenvalue weighted by atomic mass is 10.1. The van der Waals surface area contributed by atoms with Crippen molar-refractivity contribution in [2.45, 2.75) is 46.1 Å². The molecule has 138 valence electrons. The van der Waals surface area contributed by atoms with Crippen molar-refractivity contribution in [2.75, 3.05) is 6.54 Å². The van der Waals surface area contributed by atoms with E-state index in [2.05, 4.69) is 5.32 Å². The molecule has 0 aliphatic heterocycles. The van der Waals surface area contributed by atoms with Gasteiger partial charge in [0.25, 0.3) is 5.56 Å². The first-order valence-electron chi connectivity index (χ1n) is 9.00. The van der Waals surface area contributed by atoms with Gasteiger partial charge < -0.3 is 9.88 Å². The van der Waals surface area contributed by atoms with Crippen LogP contribution in [0.2, 0.25) is 0 Å². The first kappa shape index (κ1) is 19.6. The van der Waals surface area contributed by atoms with E-state index in [9.17, 15) is 14.4 Å². The minimum absolute atomic E-state index is 0.00338. The second-order valence-electron chi connectivity index (χ2n) is 6.50. The van der Waals surface area contributed by atoms with E-state index in [1.165, 1.54) is 0 Å². The number of Topliss-reactive ketones (excluding diaryl/α,β-unsaturated/α-hetero) is 1. The van der Waals surface area contributed by atoms with Crippen LogP contribution in [0.25, 0.3) is 0 Å². The summed E-state index contributed by atoms with van der Waals surface area (Å²) in [4.78, 5) is 35.7. The molecule has 26 heavy (non-hydrogen) atoms. The van der Waals surface area contributed by atoms with Gasteiger partial charge in [0.1, 0.15) is 0 Å². The van der Waals surface area contributed by atoms with E-state index in [-0.39, 0.29) is 30.1 Å². The minimum atomic E-state index is -0.112. The fourth-order valence-electron chi connectivity index (χ4n) is 2.73. The van der Waals surface area contributed by atoms with Gasteiger partial charge in [0.05, 0.1) is 0 Å². The van der Waals surface area contributed by atoms with Crippen LogP contribution in [0.15, 0.2) is 47.3 Å². The topological polar surface area (TPSA) is 68.2 Å². The molecule has 5 heteroatoms. The number of amides is 1. The lowest BCUT2D eigenvalue weighted by molar-refractivity contribution is -0.121. The zero-order valence-electron chi connectivity index (χ0n) is 15.5. The molecule has 1 aromatic carbocycles. The number of pyridine rings is 1. The molecule has 0 saturated heterocycles. The second-order valence-corrected chi connectivity index (χ2v) is 6.50. The van der Waals surface area contributed by atoms with E-state index in [0.717, 1.165) is 24.1 Å². The molecule has 0 fully saturated rings. The van der Waals surface area contributed by atoms with Crippen molar-refractivity contribution < 1.29 is 9.59 Å². The van der Waals surface area contributed by atoms with E-state index in [0.29, 0.717) is 18.7 Å². The Morgan fingerprint density at radius 1 is 0.962 bits per heavy atom. The van der Waals surface area contributed by atoms with Crippen LogP contribution in [0.3, 0.4) is 0 Å². The summed E-state index contributed by atoms with van der Waals surface area (Å²) < 4.78 is 1.74. The number of hydrogen-bond donors (Lipinski definition) is 1. The summed E-state index contributed by atoms with van der Waals surface area (Å²) in [5, 5.41) is 2.84. The Hall–Kier alpha value is -2.69. The van der Waals surface area contributed by atoms with Crippen molar-refractivity contribution in [1.29, 1.82) is 0 Å². The SMILES string of the molecule is Cc1ccc(C(=O)CCC(=O)NCCCCn2c(C)cccc2=O)cc1. The third-order valence-electron chi connectivity index (χ3n) is 4.35. The van der Waals surface area contributed by atoms with E-state index in [1.54, 1.807) is 28.8 Å². The summed E-state index contributed by atoms with van der Waals surface area (Å²) in [6, 6.07) is 12.6. The number of rotatable bonds is 9. The summed E-state index contributed by atoms with van der Waals surface area (Å²) in [6.07, 6.45) is 2.02. The fraction of sp³-hybridized carbons (Fsp3) is 0.381. The smallest absolute Gasteiger partial charge is 0.250 e. The average Bonchev–Trinajstić information content (AvgIpc) is 2.62. The summed E-state index contributed by atoms with van der Waals surface area (Å²) in [5.41, 5.74) is 2.69. The predicted molar refractivity (Wildman–Crippen MR) is 102 cm³/mol. The number of nitrogens with one attached hydrogen (secondary N) is 1. The highest BCUT2D eigenvalue weighted by Crippen LogP contribution is 2.07. The van der Waals surface area contributed by atoms with Crippen molar-refractivity contribution >= 4 is 11.7 Å². The lowest BCUT2D eigenvalue weighted by Gasteiger charge is -2.09. The third-order valence-corrected chi connectivity index (χ3v) is 4.35. The van der Waals surface area contributed by atoms with Crippen molar-refractivity contribution in [3.63, 3.8) is 0 Å². The summed E-state index contributed by atoms with van der Waals surface area (Å²) in [7, 11) is 0. The van der Waals surface area contributed by atoms with Gasteiger partial charge >= 0.3 is 0 Å². The maximum absolute atomic E-state index is 12.0. The first-order chi connectivity index (χ1) is 12.5. The normalized spacial score (nSPS) is 10.5. The summed E-state index contributed by atoms with van der Waals surface area (Å²) in [6.45, 7) is 5.08. The van der Waals surface area contributed by atoms with E-state index >= 15 is 0 Å². The maximum Gasteiger partial charge on any atom is 0.250 e. The van der Waals surface area contributed by atoms with Crippen molar-refractivity contribution in [2.24, 2.45) is 0 Å². The van der Waals surface area contributed by atoms with Crippen molar-refractivity contribution in [1.82, 2.24) is 9.88 Å². The largest absolute Gasteiger partial charge is 0.356 e. The standard InChI is InChI=1S/C21H26N2O3/c1-16-8-10-18(11-9-16)19(24)12-13-20(25)22-14-3-4-15-23-17(2)6-5-7-21(23)26/h5-11H,3-4,12-15H2,1-2H3,(H,22,25). The summed E-state index contributed by atoms with van der Waals surface area (Å²) in [5.74, 6) is -0.127. The molecule has 0 radical (unpaired) electrons. The van der Waals surface area contributed by atoms with Crippen LogP contribution < -0.4 is 10.9 Å². The molecule has 0 aliphatic carbocycles. The number of benzene rings is 1. The van der Waals surface area contributed by atoms with Crippen LogP contribution in [0, 0.1) is 13.8 Å². The van der Waals surface area contributed by atoms with Crippen LogP contribution in [0.5, 0.6) is 0 Å². The molecule has 0 unspecified atom stereocenters. The van der Waals surface area contributed by atoms with E-state index in [1.807, 2.05) is 32.0 Å². The molecule has 0 atom stereocenters. The quantitative estimate of drug-likeness (QED) is 0.556. The highest BCUT2D eigenvalue weighted by molar-refractivity contribution is 5.97. The molecule has 2 aromatic rings. The lowest BCUT2D eigenvalue weighted by Crippen LogP contribution is -2.26. The Morgan fingerprint density at radius 2 is 1.69 bits per heavy atom. The van der Waals surface area contributed by atoms with Gasteiger partial charge in [-0.3, -0.25) is 14.4 Å². The number of ketones is 1. The Balaban J connectivity index is 1.64. The van der Waals surface area contributed by atoms with Crippen LogP contribution in [-0.4, -0.2) is 22.8 Å². The highest BCUT2D eigenvalue weighted by atomic mass is 16.2. The second kappa shape index (κ2) is 9.70. The monoisotopic (exact) mass is 354 g/mol. The van der Waals surface area contributed by atoms with Crippen molar-refractivity contribution in [3.8, 4) is 0 Å². The van der Waals surface area contributed by atoms with Crippen LogP contribution in [0.1, 0.15) is 47.3 Å². The fourth-order valence-corrected chi connectivity index (χ4v) is 2.73. The number of hydrogen-bond acceptors (Lipinski definition) is 3. The third kappa shape index (κ3) is 5.99. The zero-order valence-corrected chi connectivity index (χ0v) is 15.5. The maximum atomic E-state index is 12.0.